The average Bonchev–Trinajstić information content (AvgIpc) is 3.01. The van der Waals surface area contributed by atoms with Crippen LogP contribution in [-0.2, 0) is 4.79 Å². The maximum Gasteiger partial charge on any atom is 0.266 e. The summed E-state index contributed by atoms with van der Waals surface area (Å²) in [6.45, 7) is 3.25. The molecule has 0 atom stereocenters. The monoisotopic (exact) mass is 447 g/mol. The molecule has 0 unspecified atom stereocenters. The average molecular weight is 448 g/mol. The molecule has 3 aromatic carbocycles. The highest BCUT2D eigenvalue weighted by Crippen LogP contribution is 2.30. The third-order valence-electron chi connectivity index (χ3n) is 5.02. The van der Waals surface area contributed by atoms with Crippen molar-refractivity contribution in [2.45, 2.75) is 13.8 Å². The minimum Gasteiger partial charge on any atom is -0.326 e. The van der Waals surface area contributed by atoms with E-state index in [1.54, 1.807) is 42.5 Å². The fourth-order valence-electron chi connectivity index (χ4n) is 3.39. The summed E-state index contributed by atoms with van der Waals surface area (Å²) in [5.41, 5.74) is 2.93. The predicted molar refractivity (Wildman–Crippen MR) is 122 cm³/mol. The van der Waals surface area contributed by atoms with E-state index in [2.05, 4.69) is 10.6 Å². The van der Waals surface area contributed by atoms with E-state index in [1.165, 1.54) is 25.1 Å². The van der Waals surface area contributed by atoms with Crippen molar-refractivity contribution in [1.29, 1.82) is 0 Å². The van der Waals surface area contributed by atoms with Crippen LogP contribution in [0.1, 0.15) is 43.6 Å². The first-order chi connectivity index (χ1) is 15.2. The van der Waals surface area contributed by atoms with Gasteiger partial charge in [0.25, 0.3) is 17.7 Å². The van der Waals surface area contributed by atoms with E-state index >= 15 is 0 Å². The summed E-state index contributed by atoms with van der Waals surface area (Å²) in [7, 11) is 0. The molecule has 1 heterocycles. The van der Waals surface area contributed by atoms with Crippen LogP contribution in [-0.4, -0.2) is 23.6 Å². The molecule has 0 bridgehead atoms. The second-order valence-electron chi connectivity index (χ2n) is 7.35. The Labute approximate surface area is 189 Å². The Kier molecular flexibility index (Phi) is 5.50. The molecular weight excluding hydrogens is 430 g/mol. The van der Waals surface area contributed by atoms with Crippen LogP contribution in [0.5, 0.6) is 0 Å². The quantitative estimate of drug-likeness (QED) is 0.568. The molecule has 0 saturated carbocycles. The largest absolute Gasteiger partial charge is 0.326 e. The van der Waals surface area contributed by atoms with Crippen LogP contribution in [0.15, 0.2) is 60.7 Å². The summed E-state index contributed by atoms with van der Waals surface area (Å²) in [6.07, 6.45) is 0. The maximum atomic E-state index is 13.0. The first-order valence-electron chi connectivity index (χ1n) is 9.72. The summed E-state index contributed by atoms with van der Waals surface area (Å²) in [6, 6.07) is 15.9. The zero-order valence-electron chi connectivity index (χ0n) is 17.2. The normalized spacial score (nSPS) is 12.5. The number of fused-ring (bicyclic) bond motifs is 1. The third kappa shape index (κ3) is 3.98. The van der Waals surface area contributed by atoms with Gasteiger partial charge in [0.05, 0.1) is 16.8 Å². The van der Waals surface area contributed by atoms with Crippen LogP contribution in [0.2, 0.25) is 5.02 Å². The number of halogens is 1. The van der Waals surface area contributed by atoms with Crippen molar-refractivity contribution in [2.24, 2.45) is 0 Å². The van der Waals surface area contributed by atoms with Gasteiger partial charge in [0.1, 0.15) is 0 Å². The lowest BCUT2D eigenvalue weighted by molar-refractivity contribution is -0.114. The van der Waals surface area contributed by atoms with Crippen LogP contribution >= 0.6 is 11.6 Å². The van der Waals surface area contributed by atoms with Crippen molar-refractivity contribution >= 4 is 52.3 Å². The Morgan fingerprint density at radius 2 is 1.47 bits per heavy atom. The summed E-state index contributed by atoms with van der Waals surface area (Å²) >= 11 is 6.10. The lowest BCUT2D eigenvalue weighted by atomic mass is 10.1. The van der Waals surface area contributed by atoms with E-state index in [4.69, 9.17) is 11.6 Å². The molecule has 7 nitrogen and oxygen atoms in total. The molecule has 0 aliphatic carbocycles. The van der Waals surface area contributed by atoms with Crippen molar-refractivity contribution in [3.63, 3.8) is 0 Å². The number of imide groups is 1. The summed E-state index contributed by atoms with van der Waals surface area (Å²) in [5, 5.41) is 5.89. The third-order valence-corrected chi connectivity index (χ3v) is 5.43. The first-order valence-corrected chi connectivity index (χ1v) is 10.1. The van der Waals surface area contributed by atoms with Crippen molar-refractivity contribution in [1.82, 2.24) is 0 Å². The van der Waals surface area contributed by atoms with Gasteiger partial charge < -0.3 is 10.6 Å². The molecule has 0 aromatic heterocycles. The molecule has 0 radical (unpaired) electrons. The van der Waals surface area contributed by atoms with E-state index in [1.807, 2.05) is 6.92 Å². The molecule has 0 saturated heterocycles. The Balaban J connectivity index is 1.57. The molecular formula is C24H18ClN3O4. The zero-order chi connectivity index (χ0) is 23.0. The van der Waals surface area contributed by atoms with E-state index in [0.717, 1.165) is 10.5 Å². The van der Waals surface area contributed by atoms with Gasteiger partial charge in [0.15, 0.2) is 0 Å². The van der Waals surface area contributed by atoms with Crippen LogP contribution < -0.4 is 15.5 Å². The number of benzene rings is 3. The number of anilines is 3. The molecule has 2 N–H and O–H groups in total. The standard InChI is InChI=1S/C24H18ClN3O4/c1-13-3-5-17(12-21(13)25)27-22(30)15-4-10-19-20(11-15)24(32)28(23(19)31)18-8-6-16(7-9-18)26-14(2)29/h3-12H,1-2H3,(H,26,29)(H,27,30). The van der Waals surface area contributed by atoms with Crippen LogP contribution in [0, 0.1) is 6.92 Å². The van der Waals surface area contributed by atoms with Gasteiger partial charge >= 0.3 is 0 Å². The van der Waals surface area contributed by atoms with Gasteiger partial charge in [-0.25, -0.2) is 4.90 Å². The molecule has 1 aliphatic rings. The van der Waals surface area contributed by atoms with Crippen molar-refractivity contribution in [2.75, 3.05) is 15.5 Å². The van der Waals surface area contributed by atoms with Crippen molar-refractivity contribution < 1.29 is 19.2 Å². The highest BCUT2D eigenvalue weighted by atomic mass is 35.5. The number of amides is 4. The zero-order valence-corrected chi connectivity index (χ0v) is 18.0. The van der Waals surface area contributed by atoms with E-state index < -0.39 is 17.7 Å². The van der Waals surface area contributed by atoms with E-state index in [0.29, 0.717) is 22.1 Å². The number of aryl methyl sites for hydroxylation is 1. The highest BCUT2D eigenvalue weighted by molar-refractivity contribution is 6.35. The SMILES string of the molecule is CC(=O)Nc1ccc(N2C(=O)c3ccc(C(=O)Nc4ccc(C)c(Cl)c4)cc3C2=O)cc1. The smallest absolute Gasteiger partial charge is 0.266 e. The highest BCUT2D eigenvalue weighted by Gasteiger charge is 2.37. The van der Waals surface area contributed by atoms with Crippen molar-refractivity contribution in [3.05, 3.63) is 87.9 Å². The molecule has 0 spiro atoms. The molecule has 32 heavy (non-hydrogen) atoms. The number of rotatable bonds is 4. The Hall–Kier alpha value is -3.97. The van der Waals surface area contributed by atoms with Gasteiger partial charge in [0.2, 0.25) is 5.91 Å². The summed E-state index contributed by atoms with van der Waals surface area (Å²) < 4.78 is 0. The van der Waals surface area contributed by atoms with Crippen molar-refractivity contribution in [3.8, 4) is 0 Å². The summed E-state index contributed by atoms with van der Waals surface area (Å²) in [5.74, 6) is -1.65. The van der Waals surface area contributed by atoms with Crippen LogP contribution in [0.4, 0.5) is 17.1 Å². The number of nitrogens with zero attached hydrogens (tertiary/aromatic N) is 1. The van der Waals surface area contributed by atoms with Gasteiger partial charge in [-0.2, -0.15) is 0 Å². The van der Waals surface area contributed by atoms with Gasteiger partial charge in [-0.3, -0.25) is 19.2 Å². The molecule has 4 rings (SSSR count). The lowest BCUT2D eigenvalue weighted by Crippen LogP contribution is -2.29. The Morgan fingerprint density at radius 1 is 0.812 bits per heavy atom. The number of carbonyl (C=O) groups is 4. The predicted octanol–water partition coefficient (Wildman–Crippen LogP) is 4.66. The van der Waals surface area contributed by atoms with Crippen LogP contribution in [0.3, 0.4) is 0 Å². The van der Waals surface area contributed by atoms with Gasteiger partial charge in [-0.15, -0.1) is 0 Å². The molecule has 0 fully saturated rings. The summed E-state index contributed by atoms with van der Waals surface area (Å²) in [4.78, 5) is 50.7. The van der Waals surface area contributed by atoms with Gasteiger partial charge in [-0.1, -0.05) is 17.7 Å². The fraction of sp³-hybridized carbons (Fsp3) is 0.0833. The van der Waals surface area contributed by atoms with E-state index in [-0.39, 0.29) is 22.6 Å². The fourth-order valence-corrected chi connectivity index (χ4v) is 3.57. The number of carbonyl (C=O) groups excluding carboxylic acids is 4. The first kappa shape index (κ1) is 21.3. The minimum atomic E-state index is -0.523. The van der Waals surface area contributed by atoms with Gasteiger partial charge in [0, 0.05) is 28.9 Å². The molecule has 1 aliphatic heterocycles. The molecule has 8 heteroatoms. The number of nitrogens with one attached hydrogen (secondary N) is 2. The second kappa shape index (κ2) is 8.28. The second-order valence-corrected chi connectivity index (χ2v) is 7.76. The molecule has 160 valence electrons. The molecule has 3 aromatic rings. The van der Waals surface area contributed by atoms with E-state index in [9.17, 15) is 19.2 Å². The maximum absolute atomic E-state index is 13.0. The number of hydrogen-bond acceptors (Lipinski definition) is 4. The Bertz CT molecular complexity index is 1280. The Morgan fingerprint density at radius 3 is 2.12 bits per heavy atom. The van der Waals surface area contributed by atoms with Gasteiger partial charge in [-0.05, 0) is 67.1 Å². The lowest BCUT2D eigenvalue weighted by Gasteiger charge is -2.14. The molecule has 4 amide bonds. The minimum absolute atomic E-state index is 0.149. The topological polar surface area (TPSA) is 95.6 Å². The van der Waals surface area contributed by atoms with Crippen LogP contribution in [0.25, 0.3) is 0 Å². The number of hydrogen-bond donors (Lipinski definition) is 2.